The molecule has 0 aliphatic carbocycles. The van der Waals surface area contributed by atoms with Gasteiger partial charge in [-0.25, -0.2) is 9.48 Å². The van der Waals surface area contributed by atoms with Crippen molar-refractivity contribution in [2.75, 3.05) is 16.8 Å². The first-order valence-electron chi connectivity index (χ1n) is 9.99. The molecule has 1 fully saturated rings. The number of amides is 4. The number of anilines is 2. The lowest BCUT2D eigenvalue weighted by Crippen LogP contribution is -2.39. The van der Waals surface area contributed by atoms with Gasteiger partial charge in [-0.2, -0.15) is 5.10 Å². The van der Waals surface area contributed by atoms with Crippen molar-refractivity contribution < 1.29 is 14.4 Å². The summed E-state index contributed by atoms with van der Waals surface area (Å²) < 4.78 is 1.75. The maximum absolute atomic E-state index is 12.9. The zero-order valence-corrected chi connectivity index (χ0v) is 17.6. The molecule has 3 aromatic rings. The van der Waals surface area contributed by atoms with E-state index in [-0.39, 0.29) is 6.54 Å². The van der Waals surface area contributed by atoms with Crippen molar-refractivity contribution in [2.45, 2.75) is 26.8 Å². The molecule has 8 heteroatoms. The average Bonchev–Trinajstić information content (AvgIpc) is 3.17. The van der Waals surface area contributed by atoms with Crippen molar-refractivity contribution in [3.8, 4) is 5.69 Å². The highest BCUT2D eigenvalue weighted by Gasteiger charge is 2.44. The predicted octanol–water partition coefficient (Wildman–Crippen LogP) is 3.28. The Morgan fingerprint density at radius 3 is 2.16 bits per heavy atom. The van der Waals surface area contributed by atoms with Gasteiger partial charge in [0.05, 0.1) is 22.8 Å². The van der Waals surface area contributed by atoms with Crippen molar-refractivity contribution >= 4 is 29.2 Å². The van der Waals surface area contributed by atoms with E-state index in [0.717, 1.165) is 16.3 Å². The summed E-state index contributed by atoms with van der Waals surface area (Å²) >= 11 is 0. The SMILES string of the molecule is Cc1nn(-c2ccccc2)c(C)c1NC(=O)CN1C(=O)C(C)N(c2ccccc2)C1=O. The number of aryl methyl sites for hydroxylation is 1. The van der Waals surface area contributed by atoms with Gasteiger partial charge in [0.2, 0.25) is 5.91 Å². The lowest BCUT2D eigenvalue weighted by Gasteiger charge is -2.19. The maximum Gasteiger partial charge on any atom is 0.332 e. The van der Waals surface area contributed by atoms with Crippen LogP contribution in [0.4, 0.5) is 16.2 Å². The zero-order chi connectivity index (χ0) is 22.1. The minimum absolute atomic E-state index is 0.360. The van der Waals surface area contributed by atoms with Crippen molar-refractivity contribution in [1.29, 1.82) is 0 Å². The number of hydrogen-bond acceptors (Lipinski definition) is 4. The molecule has 31 heavy (non-hydrogen) atoms. The van der Waals surface area contributed by atoms with Crippen LogP contribution in [0.3, 0.4) is 0 Å². The molecule has 1 aromatic heterocycles. The quantitative estimate of drug-likeness (QED) is 0.646. The van der Waals surface area contributed by atoms with Gasteiger partial charge in [-0.15, -0.1) is 0 Å². The van der Waals surface area contributed by atoms with Crippen LogP contribution in [0.1, 0.15) is 18.3 Å². The Balaban J connectivity index is 1.51. The Labute approximate surface area is 180 Å². The summed E-state index contributed by atoms with van der Waals surface area (Å²) in [6.07, 6.45) is 0. The number of urea groups is 1. The summed E-state index contributed by atoms with van der Waals surface area (Å²) in [6.45, 7) is 4.95. The van der Waals surface area contributed by atoms with Gasteiger partial charge in [0.1, 0.15) is 12.6 Å². The van der Waals surface area contributed by atoms with E-state index in [9.17, 15) is 14.4 Å². The van der Waals surface area contributed by atoms with Gasteiger partial charge in [0.25, 0.3) is 5.91 Å². The molecule has 8 nitrogen and oxygen atoms in total. The van der Waals surface area contributed by atoms with Crippen LogP contribution < -0.4 is 10.2 Å². The van der Waals surface area contributed by atoms with Crippen molar-refractivity contribution in [2.24, 2.45) is 0 Å². The molecular formula is C23H23N5O3. The molecule has 1 unspecified atom stereocenters. The summed E-state index contributed by atoms with van der Waals surface area (Å²) in [5.41, 5.74) is 3.47. The van der Waals surface area contributed by atoms with E-state index in [1.807, 2.05) is 43.3 Å². The van der Waals surface area contributed by atoms with Gasteiger partial charge >= 0.3 is 6.03 Å². The summed E-state index contributed by atoms with van der Waals surface area (Å²) in [5, 5.41) is 7.32. The Bertz CT molecular complexity index is 1140. The number of benzene rings is 2. The predicted molar refractivity (Wildman–Crippen MR) is 117 cm³/mol. The van der Waals surface area contributed by atoms with Crippen LogP contribution in [0.25, 0.3) is 5.69 Å². The maximum atomic E-state index is 12.9. The molecule has 2 aromatic carbocycles. The molecule has 0 bridgehead atoms. The zero-order valence-electron chi connectivity index (χ0n) is 17.6. The molecule has 158 valence electrons. The number of para-hydroxylation sites is 2. The highest BCUT2D eigenvalue weighted by Crippen LogP contribution is 2.26. The fourth-order valence-electron chi connectivity index (χ4n) is 3.76. The summed E-state index contributed by atoms with van der Waals surface area (Å²) in [6, 6.07) is 17.4. The highest BCUT2D eigenvalue weighted by molar-refractivity contribution is 6.16. The van der Waals surface area contributed by atoms with E-state index < -0.39 is 23.9 Å². The third kappa shape index (κ3) is 3.68. The Hall–Kier alpha value is -3.94. The van der Waals surface area contributed by atoms with Crippen LogP contribution in [0.5, 0.6) is 0 Å². The van der Waals surface area contributed by atoms with Gasteiger partial charge < -0.3 is 5.32 Å². The van der Waals surface area contributed by atoms with Gasteiger partial charge in [0, 0.05) is 5.69 Å². The Morgan fingerprint density at radius 1 is 0.968 bits per heavy atom. The number of nitrogens with zero attached hydrogens (tertiary/aromatic N) is 4. The second kappa shape index (κ2) is 8.06. The number of carbonyl (C=O) groups is 3. The molecule has 4 amide bonds. The number of nitrogens with one attached hydrogen (secondary N) is 1. The van der Waals surface area contributed by atoms with Crippen LogP contribution in [-0.2, 0) is 9.59 Å². The first-order valence-corrected chi connectivity index (χ1v) is 9.99. The van der Waals surface area contributed by atoms with E-state index in [2.05, 4.69) is 10.4 Å². The number of aromatic nitrogens is 2. The van der Waals surface area contributed by atoms with Crippen LogP contribution in [0.2, 0.25) is 0 Å². The van der Waals surface area contributed by atoms with Gasteiger partial charge in [-0.05, 0) is 45.0 Å². The molecule has 1 atom stereocenters. The Kier molecular flexibility index (Phi) is 5.29. The van der Waals surface area contributed by atoms with Crippen molar-refractivity contribution in [1.82, 2.24) is 14.7 Å². The number of imide groups is 1. The molecule has 0 spiro atoms. The third-order valence-electron chi connectivity index (χ3n) is 5.34. The van der Waals surface area contributed by atoms with E-state index >= 15 is 0 Å². The van der Waals surface area contributed by atoms with Crippen LogP contribution in [0.15, 0.2) is 60.7 Å². The molecule has 0 radical (unpaired) electrons. The standard InChI is InChI=1S/C23H23N5O3/c1-15-21(16(2)28(25-15)19-12-8-5-9-13-19)24-20(29)14-26-22(30)17(3)27(23(26)31)18-10-6-4-7-11-18/h4-13,17H,14H2,1-3H3,(H,24,29). The third-order valence-corrected chi connectivity index (χ3v) is 5.34. The molecule has 1 N–H and O–H groups in total. The van der Waals surface area contributed by atoms with Crippen molar-refractivity contribution in [3.05, 3.63) is 72.1 Å². The smallest absolute Gasteiger partial charge is 0.321 e. The largest absolute Gasteiger partial charge is 0.332 e. The number of hydrogen-bond donors (Lipinski definition) is 1. The summed E-state index contributed by atoms with van der Waals surface area (Å²) in [4.78, 5) is 40.7. The van der Waals surface area contributed by atoms with Crippen LogP contribution in [-0.4, -0.2) is 45.1 Å². The van der Waals surface area contributed by atoms with Gasteiger partial charge in [-0.1, -0.05) is 36.4 Å². The van der Waals surface area contributed by atoms with E-state index in [1.54, 1.807) is 42.8 Å². The first-order chi connectivity index (χ1) is 14.9. The summed E-state index contributed by atoms with van der Waals surface area (Å²) in [5.74, 6) is -0.861. The normalized spacial score (nSPS) is 16.2. The van der Waals surface area contributed by atoms with Crippen molar-refractivity contribution in [3.63, 3.8) is 0 Å². The number of rotatable bonds is 5. The van der Waals surface area contributed by atoms with E-state index in [4.69, 9.17) is 0 Å². The fourth-order valence-corrected chi connectivity index (χ4v) is 3.76. The topological polar surface area (TPSA) is 87.5 Å². The highest BCUT2D eigenvalue weighted by atomic mass is 16.2. The fraction of sp³-hybridized carbons (Fsp3) is 0.217. The average molecular weight is 417 g/mol. The minimum atomic E-state index is -0.674. The van der Waals surface area contributed by atoms with E-state index in [0.29, 0.717) is 17.1 Å². The molecule has 2 heterocycles. The lowest BCUT2D eigenvalue weighted by atomic mass is 10.2. The molecule has 1 aliphatic heterocycles. The molecule has 1 saturated heterocycles. The molecule has 4 rings (SSSR count). The van der Waals surface area contributed by atoms with Gasteiger partial charge in [0.15, 0.2) is 0 Å². The molecule has 1 aliphatic rings. The number of carbonyl (C=O) groups excluding carboxylic acids is 3. The second-order valence-electron chi connectivity index (χ2n) is 7.43. The van der Waals surface area contributed by atoms with E-state index in [1.165, 1.54) is 4.90 Å². The van der Waals surface area contributed by atoms with Gasteiger partial charge in [-0.3, -0.25) is 19.4 Å². The van der Waals surface area contributed by atoms with Crippen LogP contribution >= 0.6 is 0 Å². The monoisotopic (exact) mass is 417 g/mol. The first kappa shape index (κ1) is 20.3. The molecular weight excluding hydrogens is 394 g/mol. The molecule has 0 saturated carbocycles. The minimum Gasteiger partial charge on any atom is -0.321 e. The lowest BCUT2D eigenvalue weighted by molar-refractivity contribution is -0.130. The van der Waals surface area contributed by atoms with Crippen LogP contribution in [0, 0.1) is 13.8 Å². The summed E-state index contributed by atoms with van der Waals surface area (Å²) in [7, 11) is 0. The Morgan fingerprint density at radius 2 is 1.55 bits per heavy atom. The second-order valence-corrected chi connectivity index (χ2v) is 7.43.